The van der Waals surface area contributed by atoms with Gasteiger partial charge in [0, 0.05) is 18.5 Å². The number of morpholine rings is 1. The summed E-state index contributed by atoms with van der Waals surface area (Å²) < 4.78 is 5.73. The molecule has 0 aliphatic carbocycles. The maximum absolute atomic E-state index is 12.2. The van der Waals surface area contributed by atoms with Crippen LogP contribution >= 0.6 is 11.3 Å². The van der Waals surface area contributed by atoms with Crippen molar-refractivity contribution < 1.29 is 14.3 Å². The van der Waals surface area contributed by atoms with Gasteiger partial charge in [0.05, 0.1) is 19.6 Å². The highest BCUT2D eigenvalue weighted by Gasteiger charge is 2.45. The second kappa shape index (κ2) is 5.65. The SMILES string of the molecule is CN1C[C@@]2(CCN(C(=O)NCc3cccs3)C2)OCC1=O. The zero-order chi connectivity index (χ0) is 14.9. The molecule has 1 atom stereocenters. The molecule has 1 aromatic rings. The number of ether oxygens (including phenoxy) is 1. The molecule has 1 spiro atoms. The van der Waals surface area contributed by atoms with Crippen molar-refractivity contribution in [2.24, 2.45) is 0 Å². The molecule has 7 heteroatoms. The highest BCUT2D eigenvalue weighted by molar-refractivity contribution is 7.09. The molecular weight excluding hydrogens is 290 g/mol. The number of amides is 3. The van der Waals surface area contributed by atoms with E-state index in [1.807, 2.05) is 17.5 Å². The second-order valence-electron chi connectivity index (χ2n) is 5.63. The third-order valence-corrected chi connectivity index (χ3v) is 4.93. The molecule has 6 nitrogen and oxygen atoms in total. The first-order valence-corrected chi connectivity index (χ1v) is 7.89. The van der Waals surface area contributed by atoms with E-state index in [9.17, 15) is 9.59 Å². The van der Waals surface area contributed by atoms with Gasteiger partial charge in [0.2, 0.25) is 5.91 Å². The predicted octanol–water partition coefficient (Wildman–Crippen LogP) is 0.891. The molecule has 3 heterocycles. The van der Waals surface area contributed by atoms with Crippen LogP contribution in [0.2, 0.25) is 0 Å². The van der Waals surface area contributed by atoms with Crippen LogP contribution in [0.1, 0.15) is 11.3 Å². The normalized spacial score (nSPS) is 25.7. The van der Waals surface area contributed by atoms with Gasteiger partial charge in [-0.05, 0) is 17.9 Å². The van der Waals surface area contributed by atoms with Crippen LogP contribution in [0.15, 0.2) is 17.5 Å². The van der Waals surface area contributed by atoms with Crippen LogP contribution in [0.5, 0.6) is 0 Å². The molecule has 2 aliphatic rings. The maximum Gasteiger partial charge on any atom is 0.317 e. The van der Waals surface area contributed by atoms with Gasteiger partial charge < -0.3 is 19.9 Å². The Kier molecular flexibility index (Phi) is 3.86. The molecule has 1 N–H and O–H groups in total. The number of urea groups is 1. The average molecular weight is 309 g/mol. The van der Waals surface area contributed by atoms with E-state index < -0.39 is 0 Å². The van der Waals surface area contributed by atoms with Gasteiger partial charge in [-0.15, -0.1) is 11.3 Å². The summed E-state index contributed by atoms with van der Waals surface area (Å²) in [5.41, 5.74) is -0.386. The zero-order valence-electron chi connectivity index (χ0n) is 12.0. The van der Waals surface area contributed by atoms with Crippen molar-refractivity contribution in [1.29, 1.82) is 0 Å². The van der Waals surface area contributed by atoms with Gasteiger partial charge in [-0.25, -0.2) is 4.79 Å². The lowest BCUT2D eigenvalue weighted by molar-refractivity contribution is -0.158. The molecule has 3 amide bonds. The van der Waals surface area contributed by atoms with Crippen molar-refractivity contribution in [2.45, 2.75) is 18.6 Å². The van der Waals surface area contributed by atoms with Crippen molar-refractivity contribution in [1.82, 2.24) is 15.1 Å². The standard InChI is InChI=1S/C14H19N3O3S/c1-16-9-14(20-8-12(16)18)4-5-17(10-14)13(19)15-7-11-3-2-6-21-11/h2-3,6H,4-5,7-10H2,1H3,(H,15,19)/t14-/m1/s1. The number of carbonyl (C=O) groups excluding carboxylic acids is 2. The van der Waals surface area contributed by atoms with Crippen molar-refractivity contribution in [2.75, 3.05) is 33.3 Å². The smallest absolute Gasteiger partial charge is 0.317 e. The Morgan fingerprint density at radius 2 is 2.38 bits per heavy atom. The Labute approximate surface area is 127 Å². The molecule has 114 valence electrons. The minimum Gasteiger partial charge on any atom is -0.361 e. The Balaban J connectivity index is 1.54. The maximum atomic E-state index is 12.2. The summed E-state index contributed by atoms with van der Waals surface area (Å²) in [6.07, 6.45) is 0.775. The first-order chi connectivity index (χ1) is 10.1. The van der Waals surface area contributed by atoms with E-state index in [1.54, 1.807) is 28.2 Å². The van der Waals surface area contributed by atoms with Gasteiger partial charge in [0.15, 0.2) is 0 Å². The number of likely N-dealkylation sites (N-methyl/N-ethyl adjacent to an activating group) is 1. The van der Waals surface area contributed by atoms with Crippen molar-refractivity contribution in [3.05, 3.63) is 22.4 Å². The second-order valence-corrected chi connectivity index (χ2v) is 6.66. The number of hydrogen-bond acceptors (Lipinski definition) is 4. The molecule has 0 bridgehead atoms. The molecule has 0 unspecified atom stereocenters. The molecule has 2 fully saturated rings. The van der Waals surface area contributed by atoms with Gasteiger partial charge in [-0.3, -0.25) is 4.79 Å². The van der Waals surface area contributed by atoms with Gasteiger partial charge in [0.1, 0.15) is 12.2 Å². The summed E-state index contributed by atoms with van der Waals surface area (Å²) in [7, 11) is 1.78. The van der Waals surface area contributed by atoms with E-state index in [0.717, 1.165) is 11.3 Å². The molecule has 0 saturated carbocycles. The zero-order valence-corrected chi connectivity index (χ0v) is 12.8. The summed E-state index contributed by atoms with van der Waals surface area (Å²) in [5.74, 6) is 0.00113. The Morgan fingerprint density at radius 1 is 1.52 bits per heavy atom. The van der Waals surface area contributed by atoms with Crippen LogP contribution in [-0.4, -0.2) is 60.6 Å². The summed E-state index contributed by atoms with van der Waals surface area (Å²) in [6.45, 7) is 2.43. The highest BCUT2D eigenvalue weighted by atomic mass is 32.1. The minimum atomic E-state index is -0.386. The van der Waals surface area contributed by atoms with E-state index in [4.69, 9.17) is 4.74 Å². The van der Waals surface area contributed by atoms with Crippen molar-refractivity contribution in [3.8, 4) is 0 Å². The summed E-state index contributed by atoms with van der Waals surface area (Å²) in [5, 5.41) is 4.93. The lowest BCUT2D eigenvalue weighted by Crippen LogP contribution is -2.55. The van der Waals surface area contributed by atoms with Crippen LogP contribution in [-0.2, 0) is 16.1 Å². The fourth-order valence-electron chi connectivity index (χ4n) is 2.84. The van der Waals surface area contributed by atoms with Gasteiger partial charge in [-0.2, -0.15) is 0 Å². The fourth-order valence-corrected chi connectivity index (χ4v) is 3.49. The first-order valence-electron chi connectivity index (χ1n) is 7.01. The number of hydrogen-bond donors (Lipinski definition) is 1. The number of likely N-dealkylation sites (tertiary alicyclic amines) is 1. The van der Waals surface area contributed by atoms with E-state index in [2.05, 4.69) is 5.32 Å². The van der Waals surface area contributed by atoms with Crippen LogP contribution in [0.25, 0.3) is 0 Å². The largest absolute Gasteiger partial charge is 0.361 e. The quantitative estimate of drug-likeness (QED) is 0.882. The molecule has 3 rings (SSSR count). The lowest BCUT2D eigenvalue weighted by Gasteiger charge is -2.38. The third kappa shape index (κ3) is 3.03. The van der Waals surface area contributed by atoms with Crippen molar-refractivity contribution in [3.63, 3.8) is 0 Å². The molecule has 1 aromatic heterocycles. The van der Waals surface area contributed by atoms with Crippen LogP contribution < -0.4 is 5.32 Å². The monoisotopic (exact) mass is 309 g/mol. The fraction of sp³-hybridized carbons (Fsp3) is 0.571. The van der Waals surface area contributed by atoms with Gasteiger partial charge >= 0.3 is 6.03 Å². The summed E-state index contributed by atoms with van der Waals surface area (Å²) >= 11 is 1.63. The third-order valence-electron chi connectivity index (χ3n) is 4.05. The number of nitrogens with zero attached hydrogens (tertiary/aromatic N) is 2. The van der Waals surface area contributed by atoms with Crippen molar-refractivity contribution >= 4 is 23.3 Å². The topological polar surface area (TPSA) is 61.9 Å². The predicted molar refractivity (Wildman–Crippen MR) is 79.1 cm³/mol. The lowest BCUT2D eigenvalue weighted by atomic mass is 10.0. The Hall–Kier alpha value is -1.60. The molecule has 0 aromatic carbocycles. The molecular formula is C14H19N3O3S. The Morgan fingerprint density at radius 3 is 3.10 bits per heavy atom. The van der Waals surface area contributed by atoms with E-state index in [-0.39, 0.29) is 24.1 Å². The van der Waals surface area contributed by atoms with Crippen LogP contribution in [0.3, 0.4) is 0 Å². The first kappa shape index (κ1) is 14.3. The average Bonchev–Trinajstić information content (AvgIpc) is 3.11. The van der Waals surface area contributed by atoms with Crippen LogP contribution in [0.4, 0.5) is 4.79 Å². The minimum absolute atomic E-state index is 0.00113. The van der Waals surface area contributed by atoms with E-state index in [0.29, 0.717) is 26.2 Å². The number of nitrogens with one attached hydrogen (secondary N) is 1. The molecule has 2 aliphatic heterocycles. The molecule has 0 radical (unpaired) electrons. The highest BCUT2D eigenvalue weighted by Crippen LogP contribution is 2.29. The van der Waals surface area contributed by atoms with Gasteiger partial charge in [-0.1, -0.05) is 6.07 Å². The summed E-state index contributed by atoms with van der Waals surface area (Å²) in [6, 6.07) is 3.91. The Bertz CT molecular complexity index is 534. The van der Waals surface area contributed by atoms with Crippen LogP contribution in [0, 0.1) is 0 Å². The molecule has 2 saturated heterocycles. The number of rotatable bonds is 2. The summed E-state index contributed by atoms with van der Waals surface area (Å²) in [4.78, 5) is 28.3. The van der Waals surface area contributed by atoms with Gasteiger partial charge in [0.25, 0.3) is 0 Å². The number of thiophene rings is 1. The van der Waals surface area contributed by atoms with E-state index in [1.165, 1.54) is 0 Å². The molecule has 21 heavy (non-hydrogen) atoms. The number of carbonyl (C=O) groups is 2. The van der Waals surface area contributed by atoms with E-state index >= 15 is 0 Å².